The van der Waals surface area contributed by atoms with E-state index in [-0.39, 0.29) is 5.97 Å². The van der Waals surface area contributed by atoms with Gasteiger partial charge in [-0.05, 0) is 68.1 Å². The molecule has 0 N–H and O–H groups in total. The van der Waals surface area contributed by atoms with Crippen molar-refractivity contribution in [2.24, 2.45) is 5.92 Å². The fourth-order valence-electron chi connectivity index (χ4n) is 4.36. The molecule has 0 heterocycles. The lowest BCUT2D eigenvalue weighted by Crippen LogP contribution is -2.13. The smallest absolute Gasteiger partial charge is 0.330 e. The number of rotatable bonds is 14. The summed E-state index contributed by atoms with van der Waals surface area (Å²) in [5, 5.41) is 0. The zero-order chi connectivity index (χ0) is 20.7. The molecular weight excluding hydrogens is 360 g/mol. The molecule has 1 fully saturated rings. The van der Waals surface area contributed by atoms with Crippen molar-refractivity contribution in [3.63, 3.8) is 0 Å². The normalized spacial score (nSPS) is 18.9. The van der Waals surface area contributed by atoms with Crippen LogP contribution >= 0.6 is 0 Å². The highest BCUT2D eigenvalue weighted by molar-refractivity contribution is 5.81. The molecule has 1 aromatic carbocycles. The molecule has 1 aromatic rings. The monoisotopic (exact) mass is 400 g/mol. The summed E-state index contributed by atoms with van der Waals surface area (Å²) < 4.78 is 10.9. The standard InChI is InChI=1S/C26H40O3/c1-3-11-22-12-14-23(15-13-22)24-16-18-25(19-17-24)28-20-9-7-5-6-8-10-21-29-26(27)4-2/h4,16-19,22-23H,2-3,5-15,20-21H2,1H3/t22-,23-. The fourth-order valence-corrected chi connectivity index (χ4v) is 4.36. The van der Waals surface area contributed by atoms with Crippen molar-refractivity contribution >= 4 is 5.97 Å². The van der Waals surface area contributed by atoms with Gasteiger partial charge in [0, 0.05) is 6.08 Å². The van der Waals surface area contributed by atoms with Gasteiger partial charge in [0.1, 0.15) is 5.75 Å². The zero-order valence-electron chi connectivity index (χ0n) is 18.4. The molecule has 0 atom stereocenters. The Balaban J connectivity index is 1.50. The van der Waals surface area contributed by atoms with Gasteiger partial charge < -0.3 is 9.47 Å². The molecule has 29 heavy (non-hydrogen) atoms. The summed E-state index contributed by atoms with van der Waals surface area (Å²) in [6.07, 6.45) is 16.1. The first-order chi connectivity index (χ1) is 14.2. The van der Waals surface area contributed by atoms with E-state index in [0.717, 1.165) is 43.5 Å². The fraction of sp³-hybridized carbons (Fsp3) is 0.654. The van der Waals surface area contributed by atoms with Gasteiger partial charge in [0.15, 0.2) is 0 Å². The summed E-state index contributed by atoms with van der Waals surface area (Å²) in [4.78, 5) is 10.9. The number of unbranched alkanes of at least 4 members (excludes halogenated alkanes) is 5. The summed E-state index contributed by atoms with van der Waals surface area (Å²) >= 11 is 0. The highest BCUT2D eigenvalue weighted by Gasteiger charge is 2.21. The molecule has 1 aliphatic rings. The second-order valence-corrected chi connectivity index (χ2v) is 8.42. The molecule has 0 bridgehead atoms. The lowest BCUT2D eigenvalue weighted by atomic mass is 9.77. The van der Waals surface area contributed by atoms with E-state index in [2.05, 4.69) is 37.8 Å². The van der Waals surface area contributed by atoms with E-state index in [1.165, 1.54) is 69.4 Å². The van der Waals surface area contributed by atoms with E-state index >= 15 is 0 Å². The Morgan fingerprint density at radius 2 is 1.59 bits per heavy atom. The van der Waals surface area contributed by atoms with Crippen molar-refractivity contribution in [2.45, 2.75) is 89.9 Å². The molecule has 0 amide bonds. The Hall–Kier alpha value is -1.77. The second kappa shape index (κ2) is 14.3. The van der Waals surface area contributed by atoms with E-state index in [1.807, 2.05) is 0 Å². The number of carbonyl (C=O) groups excluding carboxylic acids is 1. The number of esters is 1. The maximum atomic E-state index is 10.9. The van der Waals surface area contributed by atoms with Crippen molar-refractivity contribution in [1.82, 2.24) is 0 Å². The molecule has 0 spiro atoms. The van der Waals surface area contributed by atoms with E-state index in [1.54, 1.807) is 0 Å². The highest BCUT2D eigenvalue weighted by atomic mass is 16.5. The number of hydrogen-bond donors (Lipinski definition) is 0. The minimum absolute atomic E-state index is 0.325. The maximum Gasteiger partial charge on any atom is 0.330 e. The Labute approximate surface area is 177 Å². The van der Waals surface area contributed by atoms with Crippen LogP contribution in [0.25, 0.3) is 0 Å². The van der Waals surface area contributed by atoms with Crippen LogP contribution in [0.15, 0.2) is 36.9 Å². The first-order valence-corrected chi connectivity index (χ1v) is 11.7. The molecule has 0 aromatic heterocycles. The third-order valence-electron chi connectivity index (χ3n) is 6.11. The van der Waals surface area contributed by atoms with Crippen LogP contribution in [0.3, 0.4) is 0 Å². The molecule has 0 saturated heterocycles. The minimum Gasteiger partial charge on any atom is -0.494 e. The van der Waals surface area contributed by atoms with Crippen molar-refractivity contribution < 1.29 is 14.3 Å². The molecule has 0 radical (unpaired) electrons. The zero-order valence-corrected chi connectivity index (χ0v) is 18.4. The van der Waals surface area contributed by atoms with Crippen molar-refractivity contribution in [3.05, 3.63) is 42.5 Å². The first kappa shape index (κ1) is 23.5. The molecule has 1 saturated carbocycles. The van der Waals surface area contributed by atoms with Gasteiger partial charge in [-0.2, -0.15) is 0 Å². The van der Waals surface area contributed by atoms with Crippen LogP contribution < -0.4 is 4.74 Å². The predicted molar refractivity (Wildman–Crippen MR) is 120 cm³/mol. The molecule has 2 rings (SSSR count). The van der Waals surface area contributed by atoms with Gasteiger partial charge in [-0.15, -0.1) is 0 Å². The first-order valence-electron chi connectivity index (χ1n) is 11.7. The highest BCUT2D eigenvalue weighted by Crippen LogP contribution is 2.37. The SMILES string of the molecule is C=CC(=O)OCCCCCCCCOc1ccc([C@H]2CC[C@H](CCC)CC2)cc1. The molecule has 3 heteroatoms. The van der Waals surface area contributed by atoms with Crippen molar-refractivity contribution in [1.29, 1.82) is 0 Å². The summed E-state index contributed by atoms with van der Waals surface area (Å²) in [5.41, 5.74) is 1.49. The molecule has 3 nitrogen and oxygen atoms in total. The predicted octanol–water partition coefficient (Wildman–Crippen LogP) is 7.21. The Kier molecular flexibility index (Phi) is 11.6. The summed E-state index contributed by atoms with van der Waals surface area (Å²) in [6, 6.07) is 8.86. The number of ether oxygens (including phenoxy) is 2. The third-order valence-corrected chi connectivity index (χ3v) is 6.11. The van der Waals surface area contributed by atoms with Gasteiger partial charge in [-0.1, -0.05) is 64.2 Å². The van der Waals surface area contributed by atoms with E-state index in [0.29, 0.717) is 6.61 Å². The Bertz CT molecular complexity index is 570. The third kappa shape index (κ3) is 9.51. The Morgan fingerprint density at radius 3 is 2.21 bits per heavy atom. The molecular formula is C26H40O3. The van der Waals surface area contributed by atoms with E-state index in [4.69, 9.17) is 9.47 Å². The van der Waals surface area contributed by atoms with Gasteiger partial charge in [0.2, 0.25) is 0 Å². The minimum atomic E-state index is -0.325. The number of benzene rings is 1. The van der Waals surface area contributed by atoms with Crippen LogP contribution in [-0.4, -0.2) is 19.2 Å². The topological polar surface area (TPSA) is 35.5 Å². The van der Waals surface area contributed by atoms with Crippen LogP contribution in [-0.2, 0) is 9.53 Å². The van der Waals surface area contributed by atoms with Crippen LogP contribution in [0.2, 0.25) is 0 Å². The van der Waals surface area contributed by atoms with Crippen LogP contribution in [0.5, 0.6) is 5.75 Å². The van der Waals surface area contributed by atoms with Crippen LogP contribution in [0, 0.1) is 5.92 Å². The lowest BCUT2D eigenvalue weighted by molar-refractivity contribution is -0.137. The van der Waals surface area contributed by atoms with Gasteiger partial charge in [0.05, 0.1) is 13.2 Å². The largest absolute Gasteiger partial charge is 0.494 e. The maximum absolute atomic E-state index is 10.9. The van der Waals surface area contributed by atoms with Gasteiger partial charge in [-0.3, -0.25) is 0 Å². The van der Waals surface area contributed by atoms with Crippen molar-refractivity contribution in [3.8, 4) is 5.75 Å². The van der Waals surface area contributed by atoms with Crippen LogP contribution in [0.4, 0.5) is 0 Å². The number of hydrogen-bond acceptors (Lipinski definition) is 3. The molecule has 162 valence electrons. The van der Waals surface area contributed by atoms with Crippen LogP contribution in [0.1, 0.15) is 95.5 Å². The van der Waals surface area contributed by atoms with Crippen molar-refractivity contribution in [2.75, 3.05) is 13.2 Å². The molecule has 0 unspecified atom stereocenters. The molecule has 1 aliphatic carbocycles. The van der Waals surface area contributed by atoms with Gasteiger partial charge in [0.25, 0.3) is 0 Å². The summed E-state index contributed by atoms with van der Waals surface area (Å²) in [7, 11) is 0. The average Bonchev–Trinajstić information content (AvgIpc) is 2.76. The quantitative estimate of drug-likeness (QED) is 0.188. The van der Waals surface area contributed by atoms with E-state index in [9.17, 15) is 4.79 Å². The lowest BCUT2D eigenvalue weighted by Gasteiger charge is -2.28. The average molecular weight is 401 g/mol. The van der Waals surface area contributed by atoms with Gasteiger partial charge >= 0.3 is 5.97 Å². The van der Waals surface area contributed by atoms with E-state index < -0.39 is 0 Å². The van der Waals surface area contributed by atoms with Gasteiger partial charge in [-0.25, -0.2) is 4.79 Å². The summed E-state index contributed by atoms with van der Waals surface area (Å²) in [6.45, 7) is 6.98. The number of carbonyl (C=O) groups is 1. The summed E-state index contributed by atoms with van der Waals surface area (Å²) in [5.74, 6) is 2.39. The molecule has 0 aliphatic heterocycles. The second-order valence-electron chi connectivity index (χ2n) is 8.42. The Morgan fingerprint density at radius 1 is 0.966 bits per heavy atom.